The molecule has 1 unspecified atom stereocenters. The first-order valence-electron chi connectivity index (χ1n) is 7.80. The summed E-state index contributed by atoms with van der Waals surface area (Å²) in [6, 6.07) is 0. The van der Waals surface area contributed by atoms with Gasteiger partial charge in [0.15, 0.2) is 35.0 Å². The minimum atomic E-state index is -2.17. The molecule has 1 aromatic carbocycles. The monoisotopic (exact) mass is 391 g/mol. The van der Waals surface area contributed by atoms with E-state index in [1.54, 1.807) is 0 Å². The number of ketones is 1. The average molecular weight is 391 g/mol. The van der Waals surface area contributed by atoms with Crippen LogP contribution < -0.4 is 0 Å². The lowest BCUT2D eigenvalue weighted by molar-refractivity contribution is -0.144. The van der Waals surface area contributed by atoms with Gasteiger partial charge in [-0.3, -0.25) is 19.4 Å². The molecule has 0 heterocycles. The summed E-state index contributed by atoms with van der Waals surface area (Å²) >= 11 is 0. The van der Waals surface area contributed by atoms with E-state index in [-0.39, 0.29) is 19.8 Å². The number of carbonyl (C=O) groups is 3. The summed E-state index contributed by atoms with van der Waals surface area (Å²) in [5.74, 6) is -12.8. The summed E-state index contributed by atoms with van der Waals surface area (Å²) in [4.78, 5) is 38.9. The van der Waals surface area contributed by atoms with Gasteiger partial charge in [0.25, 0.3) is 0 Å². The fourth-order valence-corrected chi connectivity index (χ4v) is 2.08. The molecule has 0 fully saturated rings. The quantitative estimate of drug-likeness (QED) is 0.0994. The molecule has 27 heavy (non-hydrogen) atoms. The van der Waals surface area contributed by atoms with Crippen LogP contribution in [0.15, 0.2) is 4.99 Å². The number of carbonyl (C=O) groups excluding carboxylic acids is 3. The van der Waals surface area contributed by atoms with Crippen molar-refractivity contribution in [2.45, 2.75) is 20.8 Å². The molecule has 1 rings (SSSR count). The molecule has 1 aromatic rings. The van der Waals surface area contributed by atoms with E-state index in [1.807, 2.05) is 0 Å². The van der Waals surface area contributed by atoms with Crippen LogP contribution >= 0.6 is 0 Å². The lowest BCUT2D eigenvalue weighted by Crippen LogP contribution is -2.30. The molecule has 0 aromatic heterocycles. The zero-order chi connectivity index (χ0) is 20.7. The molecule has 0 amide bonds. The number of ether oxygens (including phenoxy) is 2. The Morgan fingerprint density at radius 3 is 2.19 bits per heavy atom. The van der Waals surface area contributed by atoms with Crippen molar-refractivity contribution in [3.63, 3.8) is 0 Å². The molecule has 0 spiro atoms. The second-order valence-electron chi connectivity index (χ2n) is 5.25. The minimum absolute atomic E-state index is 0.127. The summed E-state index contributed by atoms with van der Waals surface area (Å²) < 4.78 is 63.8. The van der Waals surface area contributed by atoms with Gasteiger partial charge in [-0.1, -0.05) is 0 Å². The molecular formula is C17H17F4NO5. The van der Waals surface area contributed by atoms with Crippen LogP contribution in [0.3, 0.4) is 0 Å². The van der Waals surface area contributed by atoms with Crippen LogP contribution in [0.5, 0.6) is 0 Å². The molecule has 0 N–H and O–H groups in total. The van der Waals surface area contributed by atoms with Gasteiger partial charge in [0.2, 0.25) is 0 Å². The third-order valence-electron chi connectivity index (χ3n) is 3.35. The highest BCUT2D eigenvalue weighted by Gasteiger charge is 2.34. The molecule has 1 atom stereocenters. The van der Waals surface area contributed by atoms with Gasteiger partial charge in [-0.05, 0) is 13.8 Å². The first kappa shape index (κ1) is 22.3. The van der Waals surface area contributed by atoms with Crippen LogP contribution in [-0.4, -0.2) is 43.7 Å². The highest BCUT2D eigenvalue weighted by molar-refractivity contribution is 6.19. The van der Waals surface area contributed by atoms with E-state index in [2.05, 4.69) is 14.5 Å². The maximum absolute atomic E-state index is 14.0. The zero-order valence-corrected chi connectivity index (χ0v) is 14.8. The van der Waals surface area contributed by atoms with Crippen LogP contribution in [-0.2, 0) is 19.1 Å². The standard InChI is InChI=1S/C17H17F4NO5/c1-4-26-17(25)10(7-22-5-6-27-9(3)23)16(24)11-8(2)12(18)14(20)15(21)13(11)19/h7,10H,4-6H2,1-3H3. The minimum Gasteiger partial charge on any atom is -0.465 e. The maximum Gasteiger partial charge on any atom is 0.322 e. The smallest absolute Gasteiger partial charge is 0.322 e. The maximum atomic E-state index is 14.0. The molecule has 0 radical (unpaired) electrons. The van der Waals surface area contributed by atoms with E-state index >= 15 is 0 Å². The summed E-state index contributed by atoms with van der Waals surface area (Å²) in [6.45, 7) is 3.07. The Balaban J connectivity index is 3.23. The van der Waals surface area contributed by atoms with Crippen molar-refractivity contribution in [1.82, 2.24) is 0 Å². The van der Waals surface area contributed by atoms with Gasteiger partial charge in [-0.15, -0.1) is 0 Å². The van der Waals surface area contributed by atoms with Crippen molar-refractivity contribution in [3.05, 3.63) is 34.4 Å². The normalized spacial score (nSPS) is 12.1. The second kappa shape index (κ2) is 9.79. The van der Waals surface area contributed by atoms with Gasteiger partial charge >= 0.3 is 11.9 Å². The van der Waals surface area contributed by atoms with Gasteiger partial charge < -0.3 is 9.47 Å². The highest BCUT2D eigenvalue weighted by atomic mass is 19.2. The van der Waals surface area contributed by atoms with Crippen molar-refractivity contribution in [1.29, 1.82) is 0 Å². The first-order valence-corrected chi connectivity index (χ1v) is 7.80. The molecule has 0 aliphatic rings. The van der Waals surface area contributed by atoms with Crippen molar-refractivity contribution < 1.29 is 41.4 Å². The Hall–Kier alpha value is -2.78. The van der Waals surface area contributed by atoms with Crippen molar-refractivity contribution in [2.75, 3.05) is 19.8 Å². The zero-order valence-electron chi connectivity index (χ0n) is 14.8. The summed E-state index contributed by atoms with van der Waals surface area (Å²) in [5.41, 5.74) is -1.91. The van der Waals surface area contributed by atoms with Crippen LogP contribution in [0.1, 0.15) is 29.8 Å². The van der Waals surface area contributed by atoms with Gasteiger partial charge in [0, 0.05) is 18.7 Å². The number of hydrogen-bond donors (Lipinski definition) is 0. The number of hydrogen-bond acceptors (Lipinski definition) is 6. The van der Waals surface area contributed by atoms with E-state index in [9.17, 15) is 31.9 Å². The van der Waals surface area contributed by atoms with E-state index in [0.717, 1.165) is 20.1 Å². The van der Waals surface area contributed by atoms with Crippen LogP contribution in [0.2, 0.25) is 0 Å². The number of aliphatic imine (C=N–C) groups is 1. The van der Waals surface area contributed by atoms with Crippen molar-refractivity contribution in [2.24, 2.45) is 10.9 Å². The van der Waals surface area contributed by atoms with Gasteiger partial charge in [-0.2, -0.15) is 0 Å². The SMILES string of the molecule is CCOC(=O)C(C=NCCOC(C)=O)C(=O)c1c(C)c(F)c(F)c(F)c1F. The Morgan fingerprint density at radius 1 is 1.04 bits per heavy atom. The lowest BCUT2D eigenvalue weighted by Gasteiger charge is -2.14. The molecule has 0 aliphatic heterocycles. The molecule has 6 nitrogen and oxygen atoms in total. The molecule has 0 saturated heterocycles. The van der Waals surface area contributed by atoms with E-state index in [1.165, 1.54) is 6.92 Å². The number of esters is 2. The van der Waals surface area contributed by atoms with Crippen molar-refractivity contribution >= 4 is 23.9 Å². The fourth-order valence-electron chi connectivity index (χ4n) is 2.08. The third kappa shape index (κ3) is 5.35. The third-order valence-corrected chi connectivity index (χ3v) is 3.35. The molecule has 10 heteroatoms. The number of benzene rings is 1. The summed E-state index contributed by atoms with van der Waals surface area (Å²) in [5, 5.41) is 0. The van der Waals surface area contributed by atoms with Gasteiger partial charge in [0.05, 0.1) is 18.7 Å². The predicted octanol–water partition coefficient (Wildman–Crippen LogP) is 2.55. The largest absolute Gasteiger partial charge is 0.465 e. The van der Waals surface area contributed by atoms with E-state index in [4.69, 9.17) is 0 Å². The van der Waals surface area contributed by atoms with Crippen molar-refractivity contribution in [3.8, 4) is 0 Å². The Labute approximate surface area is 152 Å². The molecule has 0 saturated carbocycles. The Bertz CT molecular complexity index is 750. The van der Waals surface area contributed by atoms with E-state index in [0.29, 0.717) is 0 Å². The predicted molar refractivity (Wildman–Crippen MR) is 85.5 cm³/mol. The average Bonchev–Trinajstić information content (AvgIpc) is 2.61. The Kier molecular flexibility index (Phi) is 8.07. The second-order valence-corrected chi connectivity index (χ2v) is 5.25. The number of rotatable bonds is 8. The number of nitrogens with zero attached hydrogens (tertiary/aromatic N) is 1. The lowest BCUT2D eigenvalue weighted by atomic mass is 9.94. The summed E-state index contributed by atoms with van der Waals surface area (Å²) in [7, 11) is 0. The number of halogens is 4. The van der Waals surface area contributed by atoms with Crippen LogP contribution in [0.25, 0.3) is 0 Å². The molecule has 0 bridgehead atoms. The molecule has 148 valence electrons. The fraction of sp³-hybridized carbons (Fsp3) is 0.412. The molecular weight excluding hydrogens is 374 g/mol. The first-order chi connectivity index (χ1) is 12.6. The van der Waals surface area contributed by atoms with Crippen LogP contribution in [0, 0.1) is 36.1 Å². The van der Waals surface area contributed by atoms with Gasteiger partial charge in [-0.25, -0.2) is 17.6 Å². The van der Waals surface area contributed by atoms with Crippen LogP contribution in [0.4, 0.5) is 17.6 Å². The van der Waals surface area contributed by atoms with Gasteiger partial charge in [0.1, 0.15) is 6.61 Å². The highest BCUT2D eigenvalue weighted by Crippen LogP contribution is 2.26. The Morgan fingerprint density at radius 2 is 1.63 bits per heavy atom. The summed E-state index contributed by atoms with van der Waals surface area (Å²) in [6.07, 6.45) is 0.794. The topological polar surface area (TPSA) is 82.0 Å². The number of Topliss-reactive ketones (excluding diaryl/α,β-unsaturated/α-hetero) is 1. The van der Waals surface area contributed by atoms with E-state index < -0.39 is 58.0 Å². The molecule has 0 aliphatic carbocycles.